The van der Waals surface area contributed by atoms with Gasteiger partial charge < -0.3 is 29.9 Å². The van der Waals surface area contributed by atoms with Crippen molar-refractivity contribution in [3.63, 3.8) is 0 Å². The average Bonchev–Trinajstić information content (AvgIpc) is 2.18. The first-order valence-electron chi connectivity index (χ1n) is 4.54. The minimum absolute atomic E-state index is 0.290. The van der Waals surface area contributed by atoms with Crippen molar-refractivity contribution in [2.75, 3.05) is 13.2 Å². The molecular weight excluding hydrogens is 192 g/mol. The van der Waals surface area contributed by atoms with Gasteiger partial charge in [-0.2, -0.15) is 0 Å². The molecule has 0 aromatic heterocycles. The molecule has 1 fully saturated rings. The molecule has 0 amide bonds. The van der Waals surface area contributed by atoms with E-state index in [0.717, 1.165) is 0 Å². The van der Waals surface area contributed by atoms with Crippen LogP contribution in [0, 0.1) is 0 Å². The lowest BCUT2D eigenvalue weighted by molar-refractivity contribution is -0.295. The Balaban J connectivity index is 2.63. The normalized spacial score (nSPS) is 43.9. The topological polar surface area (TPSA) is 99.4 Å². The van der Waals surface area contributed by atoms with Gasteiger partial charge in [0.1, 0.15) is 24.4 Å². The molecule has 6 heteroatoms. The molecule has 1 rings (SSSR count). The third-order valence-electron chi connectivity index (χ3n) is 2.20. The molecule has 4 N–H and O–H groups in total. The van der Waals surface area contributed by atoms with Crippen molar-refractivity contribution in [3.8, 4) is 0 Å². The maximum Gasteiger partial charge on any atom is 0.184 e. The Morgan fingerprint density at radius 2 is 1.86 bits per heavy atom. The van der Waals surface area contributed by atoms with E-state index >= 15 is 0 Å². The second-order valence-corrected chi connectivity index (χ2v) is 3.15. The number of aliphatic hydroxyl groups is 4. The van der Waals surface area contributed by atoms with Crippen molar-refractivity contribution in [2.24, 2.45) is 0 Å². The maximum absolute atomic E-state index is 9.51. The Labute approximate surface area is 81.7 Å². The summed E-state index contributed by atoms with van der Waals surface area (Å²) in [6.07, 6.45) is -5.78. The summed E-state index contributed by atoms with van der Waals surface area (Å²) in [6, 6.07) is 0. The summed E-state index contributed by atoms with van der Waals surface area (Å²) in [6.45, 7) is 1.52. The Hall–Kier alpha value is -0.240. The van der Waals surface area contributed by atoms with E-state index in [9.17, 15) is 15.3 Å². The van der Waals surface area contributed by atoms with Gasteiger partial charge in [0, 0.05) is 6.61 Å². The largest absolute Gasteiger partial charge is 0.394 e. The fourth-order valence-electron chi connectivity index (χ4n) is 1.44. The molecule has 84 valence electrons. The van der Waals surface area contributed by atoms with Gasteiger partial charge in [0.05, 0.1) is 6.61 Å². The van der Waals surface area contributed by atoms with Crippen LogP contribution >= 0.6 is 0 Å². The van der Waals surface area contributed by atoms with Crippen LogP contribution in [-0.4, -0.2) is 64.3 Å². The first kappa shape index (κ1) is 11.8. The van der Waals surface area contributed by atoms with E-state index in [2.05, 4.69) is 0 Å². The van der Waals surface area contributed by atoms with E-state index in [1.807, 2.05) is 0 Å². The van der Waals surface area contributed by atoms with Crippen LogP contribution in [0.25, 0.3) is 0 Å². The lowest BCUT2D eigenvalue weighted by Crippen LogP contribution is -2.59. The van der Waals surface area contributed by atoms with Crippen molar-refractivity contribution >= 4 is 0 Å². The number of ether oxygens (including phenoxy) is 2. The molecule has 0 radical (unpaired) electrons. The van der Waals surface area contributed by atoms with Crippen LogP contribution < -0.4 is 0 Å². The molecule has 0 aromatic rings. The SMILES string of the molecule is CCOC1[C@H](O)OC(CO)[C@H](O)[C@H]1O. The summed E-state index contributed by atoms with van der Waals surface area (Å²) < 4.78 is 9.86. The number of rotatable bonds is 3. The zero-order valence-corrected chi connectivity index (χ0v) is 7.91. The lowest BCUT2D eigenvalue weighted by atomic mass is 9.99. The Kier molecular flexibility index (Phi) is 4.24. The molecule has 1 aliphatic heterocycles. The molecule has 1 saturated heterocycles. The van der Waals surface area contributed by atoms with Crippen molar-refractivity contribution in [1.29, 1.82) is 0 Å². The van der Waals surface area contributed by atoms with Crippen LogP contribution in [0.1, 0.15) is 6.92 Å². The molecule has 0 aliphatic carbocycles. The Morgan fingerprint density at radius 3 is 2.36 bits per heavy atom. The lowest BCUT2D eigenvalue weighted by Gasteiger charge is -2.39. The van der Waals surface area contributed by atoms with Crippen LogP contribution in [0.5, 0.6) is 0 Å². The van der Waals surface area contributed by atoms with Gasteiger partial charge in [-0.1, -0.05) is 0 Å². The first-order chi connectivity index (χ1) is 6.61. The van der Waals surface area contributed by atoms with Crippen LogP contribution in [0.2, 0.25) is 0 Å². The van der Waals surface area contributed by atoms with Crippen molar-refractivity contribution in [2.45, 2.75) is 37.6 Å². The highest BCUT2D eigenvalue weighted by molar-refractivity contribution is 4.89. The molecule has 0 spiro atoms. The summed E-state index contributed by atoms with van der Waals surface area (Å²) in [5.74, 6) is 0. The highest BCUT2D eigenvalue weighted by Crippen LogP contribution is 2.21. The summed E-state index contributed by atoms with van der Waals surface area (Å²) in [4.78, 5) is 0. The van der Waals surface area contributed by atoms with Gasteiger partial charge in [-0.3, -0.25) is 0 Å². The van der Waals surface area contributed by atoms with Crippen molar-refractivity contribution in [1.82, 2.24) is 0 Å². The first-order valence-corrected chi connectivity index (χ1v) is 4.54. The Bertz CT molecular complexity index is 175. The fourth-order valence-corrected chi connectivity index (χ4v) is 1.44. The summed E-state index contributed by atoms with van der Waals surface area (Å²) >= 11 is 0. The van der Waals surface area contributed by atoms with Gasteiger partial charge in [-0.25, -0.2) is 0 Å². The highest BCUT2D eigenvalue weighted by atomic mass is 16.7. The monoisotopic (exact) mass is 208 g/mol. The standard InChI is InChI=1S/C8H16O6/c1-2-13-7-6(11)5(10)4(3-9)14-8(7)12/h4-12H,2-3H2,1H3/t4?,5-,6+,7?,8+/m0/s1. The molecule has 0 aromatic carbocycles. The molecular formula is C8H16O6. The maximum atomic E-state index is 9.51. The van der Waals surface area contributed by atoms with Crippen LogP contribution in [0.4, 0.5) is 0 Å². The van der Waals surface area contributed by atoms with Crippen molar-refractivity contribution in [3.05, 3.63) is 0 Å². The van der Waals surface area contributed by atoms with Crippen LogP contribution in [0.15, 0.2) is 0 Å². The molecule has 14 heavy (non-hydrogen) atoms. The quantitative estimate of drug-likeness (QED) is 0.421. The molecule has 1 heterocycles. The molecule has 6 nitrogen and oxygen atoms in total. The van der Waals surface area contributed by atoms with Gasteiger partial charge >= 0.3 is 0 Å². The second-order valence-electron chi connectivity index (χ2n) is 3.15. The molecule has 0 saturated carbocycles. The minimum Gasteiger partial charge on any atom is -0.394 e. The van der Waals surface area contributed by atoms with Gasteiger partial charge in [0.15, 0.2) is 6.29 Å². The van der Waals surface area contributed by atoms with Gasteiger partial charge in [-0.05, 0) is 6.92 Å². The Morgan fingerprint density at radius 1 is 1.21 bits per heavy atom. The molecule has 2 unspecified atom stereocenters. The predicted octanol–water partition coefficient (Wildman–Crippen LogP) is -2.18. The van der Waals surface area contributed by atoms with Crippen molar-refractivity contribution < 1.29 is 29.9 Å². The number of hydrogen-bond acceptors (Lipinski definition) is 6. The van der Waals surface area contributed by atoms with Gasteiger partial charge in [-0.15, -0.1) is 0 Å². The van der Waals surface area contributed by atoms with Gasteiger partial charge in [0.2, 0.25) is 0 Å². The van der Waals surface area contributed by atoms with E-state index < -0.39 is 37.3 Å². The van der Waals surface area contributed by atoms with E-state index in [-0.39, 0.29) is 0 Å². The third-order valence-corrected chi connectivity index (χ3v) is 2.20. The summed E-state index contributed by atoms with van der Waals surface area (Å²) in [7, 11) is 0. The zero-order valence-electron chi connectivity index (χ0n) is 7.91. The zero-order chi connectivity index (χ0) is 10.7. The average molecular weight is 208 g/mol. The minimum atomic E-state index is -1.33. The fraction of sp³-hybridized carbons (Fsp3) is 1.00. The smallest absolute Gasteiger partial charge is 0.184 e. The predicted molar refractivity (Wildman–Crippen MR) is 45.4 cm³/mol. The third kappa shape index (κ3) is 2.22. The highest BCUT2D eigenvalue weighted by Gasteiger charge is 2.43. The van der Waals surface area contributed by atoms with E-state index in [4.69, 9.17) is 14.6 Å². The van der Waals surface area contributed by atoms with Crippen LogP contribution in [-0.2, 0) is 9.47 Å². The van der Waals surface area contributed by atoms with E-state index in [1.54, 1.807) is 6.92 Å². The summed E-state index contributed by atoms with van der Waals surface area (Å²) in [5.41, 5.74) is 0. The van der Waals surface area contributed by atoms with E-state index in [0.29, 0.717) is 6.61 Å². The second kappa shape index (κ2) is 5.01. The van der Waals surface area contributed by atoms with E-state index in [1.165, 1.54) is 0 Å². The molecule has 1 aliphatic rings. The number of hydrogen-bond donors (Lipinski definition) is 4. The van der Waals surface area contributed by atoms with Crippen LogP contribution in [0.3, 0.4) is 0 Å². The molecule has 0 bridgehead atoms. The summed E-state index contributed by atoms with van der Waals surface area (Å²) in [5, 5.41) is 37.1. The number of aliphatic hydroxyl groups excluding tert-OH is 4. The van der Waals surface area contributed by atoms with Gasteiger partial charge in [0.25, 0.3) is 0 Å². The molecule has 5 atom stereocenters.